The third-order valence-corrected chi connectivity index (χ3v) is 12.4. The molecule has 9 rings (SSSR count). The second-order valence-electron chi connectivity index (χ2n) is 16.2. The Morgan fingerprint density at radius 1 is 0.418 bits per heavy atom. The normalized spacial score (nSPS) is 20.2. The van der Waals surface area contributed by atoms with Crippen molar-refractivity contribution in [1.29, 1.82) is 0 Å². The average Bonchev–Trinajstić information content (AvgIpc) is 3.62. The van der Waals surface area contributed by atoms with Gasteiger partial charge >= 0.3 is 8.25 Å². The van der Waals surface area contributed by atoms with Gasteiger partial charge in [0.1, 0.15) is 12.2 Å². The summed E-state index contributed by atoms with van der Waals surface area (Å²) in [5.41, 5.74) is 12.8. The zero-order valence-electron chi connectivity index (χ0n) is 32.7. The molecule has 0 unspecified atom stereocenters. The van der Waals surface area contributed by atoms with E-state index in [0.717, 1.165) is 89.0 Å². The molecule has 0 saturated carbocycles. The lowest BCUT2D eigenvalue weighted by atomic mass is 9.70. The van der Waals surface area contributed by atoms with Crippen LogP contribution in [0.2, 0.25) is 0 Å². The van der Waals surface area contributed by atoms with E-state index in [4.69, 9.17) is 18.5 Å². The molecule has 55 heavy (non-hydrogen) atoms. The lowest BCUT2D eigenvalue weighted by molar-refractivity contribution is -0.176. The largest absolute Gasteiger partial charge is 0.700 e. The van der Waals surface area contributed by atoms with E-state index in [9.17, 15) is 0 Å². The van der Waals surface area contributed by atoms with Crippen molar-refractivity contribution in [2.24, 2.45) is 0 Å². The highest BCUT2D eigenvalue weighted by molar-refractivity contribution is 7.33. The van der Waals surface area contributed by atoms with Crippen LogP contribution in [0.5, 0.6) is 0 Å². The molecular formula is C49H46O5P+. The van der Waals surface area contributed by atoms with Crippen molar-refractivity contribution >= 4 is 8.25 Å². The fourth-order valence-corrected chi connectivity index (χ4v) is 11.0. The van der Waals surface area contributed by atoms with Gasteiger partial charge in [-0.25, -0.2) is 0 Å². The quantitative estimate of drug-likeness (QED) is 0.168. The van der Waals surface area contributed by atoms with Crippen LogP contribution in [-0.4, -0.2) is 12.2 Å². The van der Waals surface area contributed by atoms with Crippen LogP contribution in [0.3, 0.4) is 0 Å². The molecule has 0 N–H and O–H groups in total. The molecule has 6 aromatic carbocycles. The Kier molecular flexibility index (Phi) is 8.44. The maximum atomic E-state index is 15.2. The van der Waals surface area contributed by atoms with E-state index in [2.05, 4.69) is 165 Å². The first-order chi connectivity index (χ1) is 26.3. The number of ether oxygens (including phenoxy) is 2. The average molecular weight is 746 g/mol. The zero-order valence-corrected chi connectivity index (χ0v) is 33.6. The second-order valence-corrected chi connectivity index (χ2v) is 17.0. The van der Waals surface area contributed by atoms with Gasteiger partial charge in [-0.05, 0) is 88.8 Å². The lowest BCUT2D eigenvalue weighted by Gasteiger charge is -2.39. The number of fused-ring (bicyclic) bond motifs is 6. The second kappa shape index (κ2) is 12.9. The van der Waals surface area contributed by atoms with Crippen molar-refractivity contribution in [1.82, 2.24) is 0 Å². The van der Waals surface area contributed by atoms with Crippen LogP contribution in [-0.2, 0) is 40.1 Å². The topological polar surface area (TPSA) is 54.0 Å². The third kappa shape index (κ3) is 5.51. The predicted octanol–water partition coefficient (Wildman–Crippen LogP) is 11.7. The third-order valence-electron chi connectivity index (χ3n) is 11.6. The highest BCUT2D eigenvalue weighted by atomic mass is 31.1. The molecule has 6 heteroatoms. The first-order valence-electron chi connectivity index (χ1n) is 19.1. The fraction of sp³-hybridized carbons (Fsp3) is 0.265. The number of hydrogen-bond acceptors (Lipinski definition) is 5. The molecular weight excluding hydrogens is 700 g/mol. The fourth-order valence-electron chi connectivity index (χ4n) is 9.83. The summed E-state index contributed by atoms with van der Waals surface area (Å²) in [4.78, 5) is 0. The van der Waals surface area contributed by atoms with Gasteiger partial charge in [-0.15, -0.1) is 0 Å². The molecule has 1 spiro atoms. The Balaban J connectivity index is 1.46. The highest BCUT2D eigenvalue weighted by Gasteiger charge is 2.74. The molecule has 2 heterocycles. The van der Waals surface area contributed by atoms with Gasteiger partial charge < -0.3 is 9.47 Å². The van der Waals surface area contributed by atoms with E-state index in [1.807, 2.05) is 12.1 Å². The van der Waals surface area contributed by atoms with Crippen LogP contribution in [0.1, 0.15) is 77.9 Å². The molecule has 1 aliphatic carbocycles. The number of rotatable bonds is 4. The number of benzene rings is 6. The number of aryl methyl sites for hydroxylation is 8. The van der Waals surface area contributed by atoms with Gasteiger partial charge in [-0.1, -0.05) is 175 Å². The number of hydrogen-bond donors (Lipinski definition) is 0. The summed E-state index contributed by atoms with van der Waals surface area (Å²) in [6.45, 7) is 16.7. The lowest BCUT2D eigenvalue weighted by Crippen LogP contribution is -2.53. The van der Waals surface area contributed by atoms with Gasteiger partial charge in [-0.3, -0.25) is 0 Å². The summed E-state index contributed by atoms with van der Waals surface area (Å²) in [7, 11) is -2.83. The summed E-state index contributed by atoms with van der Waals surface area (Å²) in [5, 5.41) is 0. The molecule has 0 amide bonds. The van der Waals surface area contributed by atoms with Crippen molar-refractivity contribution < 1.29 is 23.1 Å². The predicted molar refractivity (Wildman–Crippen MR) is 217 cm³/mol. The van der Waals surface area contributed by atoms with Crippen molar-refractivity contribution in [3.63, 3.8) is 0 Å². The smallest absolute Gasteiger partial charge is 0.332 e. The molecule has 276 valence electrons. The minimum absolute atomic E-state index is 0.828. The van der Waals surface area contributed by atoms with Crippen LogP contribution < -0.4 is 0 Å². The Morgan fingerprint density at radius 3 is 0.982 bits per heavy atom. The monoisotopic (exact) mass is 745 g/mol. The Morgan fingerprint density at radius 2 is 0.691 bits per heavy atom. The summed E-state index contributed by atoms with van der Waals surface area (Å²) < 4.78 is 45.3. The summed E-state index contributed by atoms with van der Waals surface area (Å²) >= 11 is 0. The molecule has 6 aromatic rings. The molecule has 2 saturated heterocycles. The summed E-state index contributed by atoms with van der Waals surface area (Å²) in [6.07, 6.45) is -1.78. The standard InChI is InChI=1S/C49H46O5P/c1-29-17-30(2)22-37(21-29)47(38-23-31(3)18-32(4)24-38)45-46(52-49(51-45)43-15-11-9-13-41(43)42-14-10-12-16-44(42)49)48(54-55(50)53-47,39-25-33(5)19-34(6)26-39)40-27-35(7)20-36(8)28-40/h9-28,45-46H,1-8H3/q+1/t45-,46-/m0/s1. The molecule has 2 atom stereocenters. The van der Waals surface area contributed by atoms with E-state index < -0.39 is 37.5 Å². The van der Waals surface area contributed by atoms with Crippen LogP contribution in [0, 0.1) is 55.4 Å². The SMILES string of the molecule is Cc1cc(C)cc(C2(c3cc(C)cc(C)c3)O[P+](=O)OC(c3cc(C)cc(C)c3)(c3cc(C)cc(C)c3)[C@H]3OC4(O[C@@H]32)c2ccccc2-c2ccccc24)c1. The van der Waals surface area contributed by atoms with Gasteiger partial charge in [0, 0.05) is 15.7 Å². The Labute approximate surface area is 325 Å². The summed E-state index contributed by atoms with van der Waals surface area (Å²) in [5.74, 6) is -1.34. The van der Waals surface area contributed by atoms with Gasteiger partial charge in [0.05, 0.1) is 0 Å². The van der Waals surface area contributed by atoms with Gasteiger partial charge in [0.2, 0.25) is 17.0 Å². The van der Waals surface area contributed by atoms with E-state index in [-0.39, 0.29) is 0 Å². The molecule has 0 bridgehead atoms. The van der Waals surface area contributed by atoms with Crippen molar-refractivity contribution in [2.45, 2.75) is 84.6 Å². The zero-order chi connectivity index (χ0) is 38.4. The van der Waals surface area contributed by atoms with E-state index in [1.165, 1.54) is 0 Å². The first-order valence-corrected chi connectivity index (χ1v) is 20.2. The van der Waals surface area contributed by atoms with Crippen molar-refractivity contribution in [2.75, 3.05) is 0 Å². The molecule has 0 aromatic heterocycles. The maximum absolute atomic E-state index is 15.2. The van der Waals surface area contributed by atoms with Gasteiger partial charge in [-0.2, -0.15) is 0 Å². The van der Waals surface area contributed by atoms with Crippen LogP contribution in [0.25, 0.3) is 11.1 Å². The minimum atomic E-state index is -2.83. The van der Waals surface area contributed by atoms with Gasteiger partial charge in [0.25, 0.3) is 0 Å². The Bertz CT molecular complexity index is 2190. The Hall–Kier alpha value is -4.74. The summed E-state index contributed by atoms with van der Waals surface area (Å²) in [6, 6.07) is 42.4. The van der Waals surface area contributed by atoms with Crippen molar-refractivity contribution in [3.8, 4) is 11.1 Å². The van der Waals surface area contributed by atoms with Crippen LogP contribution in [0.15, 0.2) is 121 Å². The van der Waals surface area contributed by atoms with E-state index in [0.29, 0.717) is 0 Å². The van der Waals surface area contributed by atoms with Crippen LogP contribution >= 0.6 is 8.25 Å². The van der Waals surface area contributed by atoms with Crippen LogP contribution in [0.4, 0.5) is 0 Å². The highest BCUT2D eigenvalue weighted by Crippen LogP contribution is 2.66. The molecule has 5 nitrogen and oxygen atoms in total. The van der Waals surface area contributed by atoms with Crippen molar-refractivity contribution in [3.05, 3.63) is 199 Å². The molecule has 2 aliphatic heterocycles. The molecule has 3 aliphatic rings. The minimum Gasteiger partial charge on any atom is -0.332 e. The van der Waals surface area contributed by atoms with E-state index >= 15 is 4.57 Å². The van der Waals surface area contributed by atoms with E-state index in [1.54, 1.807) is 0 Å². The van der Waals surface area contributed by atoms with Gasteiger partial charge in [0.15, 0.2) is 0 Å². The maximum Gasteiger partial charge on any atom is 0.700 e. The first kappa shape index (κ1) is 35.9. The molecule has 2 fully saturated rings. The molecule has 0 radical (unpaired) electrons.